The van der Waals surface area contributed by atoms with Crippen LogP contribution in [0.25, 0.3) is 0 Å². The van der Waals surface area contributed by atoms with Gasteiger partial charge < -0.3 is 14.7 Å². The molecule has 0 radical (unpaired) electrons. The number of carboxylic acids is 1. The van der Waals surface area contributed by atoms with Gasteiger partial charge in [0.2, 0.25) is 5.91 Å². The van der Waals surface area contributed by atoms with Gasteiger partial charge in [-0.3, -0.25) is 9.59 Å². The molecule has 1 aromatic rings. The largest absolute Gasteiger partial charge is 0.496 e. The van der Waals surface area contributed by atoms with Gasteiger partial charge in [-0.25, -0.2) is 0 Å². The molecule has 1 aliphatic rings. The lowest BCUT2D eigenvalue weighted by molar-refractivity contribution is -0.147. The molecule has 0 bridgehead atoms. The van der Waals surface area contributed by atoms with Crippen molar-refractivity contribution in [3.05, 3.63) is 28.2 Å². The summed E-state index contributed by atoms with van der Waals surface area (Å²) in [5.41, 5.74) is 0.147. The van der Waals surface area contributed by atoms with E-state index in [0.717, 1.165) is 15.8 Å². The van der Waals surface area contributed by atoms with Crippen LogP contribution in [0.5, 0.6) is 5.75 Å². The number of hydrogen-bond acceptors (Lipinski definition) is 3. The Balaban J connectivity index is 1.97. The number of amides is 1. The standard InChI is InChI=1S/C16H20BrNO4/c1-16(15(20)21)7-8-18(10-16)14(19)6-3-11-9-12(17)4-5-13(11)22-2/h4-5,9H,3,6-8,10H2,1-2H3,(H,20,21)/t16-/m0/s1. The Hall–Kier alpha value is -1.56. The van der Waals surface area contributed by atoms with E-state index in [4.69, 9.17) is 4.74 Å². The molecular formula is C16H20BrNO4. The predicted octanol–water partition coefficient (Wildman–Crippen LogP) is 2.71. The summed E-state index contributed by atoms with van der Waals surface area (Å²) in [6, 6.07) is 5.70. The number of carboxylic acid groups (broad SMARTS) is 1. The number of aryl methyl sites for hydroxylation is 1. The molecule has 1 fully saturated rings. The van der Waals surface area contributed by atoms with E-state index in [9.17, 15) is 14.7 Å². The lowest BCUT2D eigenvalue weighted by atomic mass is 9.90. The fourth-order valence-corrected chi connectivity index (χ4v) is 3.10. The predicted molar refractivity (Wildman–Crippen MR) is 86.0 cm³/mol. The highest BCUT2D eigenvalue weighted by molar-refractivity contribution is 9.10. The topological polar surface area (TPSA) is 66.8 Å². The van der Waals surface area contributed by atoms with Gasteiger partial charge in [0, 0.05) is 24.0 Å². The van der Waals surface area contributed by atoms with Crippen molar-refractivity contribution < 1.29 is 19.4 Å². The van der Waals surface area contributed by atoms with Gasteiger partial charge in [0.05, 0.1) is 12.5 Å². The first-order valence-electron chi connectivity index (χ1n) is 7.19. The van der Waals surface area contributed by atoms with Crippen LogP contribution < -0.4 is 4.74 Å². The lowest BCUT2D eigenvalue weighted by Crippen LogP contribution is -2.34. The zero-order valence-electron chi connectivity index (χ0n) is 12.8. The minimum atomic E-state index is -0.837. The van der Waals surface area contributed by atoms with Crippen LogP contribution in [0.3, 0.4) is 0 Å². The van der Waals surface area contributed by atoms with Crippen LogP contribution in [-0.4, -0.2) is 42.1 Å². The molecule has 0 unspecified atom stereocenters. The van der Waals surface area contributed by atoms with E-state index in [1.807, 2.05) is 18.2 Å². The monoisotopic (exact) mass is 369 g/mol. The number of hydrogen-bond donors (Lipinski definition) is 1. The van der Waals surface area contributed by atoms with Crippen LogP contribution in [0, 0.1) is 5.41 Å². The Morgan fingerprint density at radius 2 is 2.18 bits per heavy atom. The molecule has 1 aromatic carbocycles. The van der Waals surface area contributed by atoms with E-state index in [0.29, 0.717) is 25.8 Å². The highest BCUT2D eigenvalue weighted by atomic mass is 79.9. The zero-order valence-corrected chi connectivity index (χ0v) is 14.4. The van der Waals surface area contributed by atoms with Gasteiger partial charge in [0.1, 0.15) is 5.75 Å². The Labute approximate surface area is 138 Å². The van der Waals surface area contributed by atoms with Gasteiger partial charge in [-0.1, -0.05) is 15.9 Å². The molecule has 120 valence electrons. The quantitative estimate of drug-likeness (QED) is 0.866. The maximum atomic E-state index is 12.3. The van der Waals surface area contributed by atoms with Crippen LogP contribution >= 0.6 is 15.9 Å². The summed E-state index contributed by atoms with van der Waals surface area (Å²) in [6.45, 7) is 2.49. The zero-order chi connectivity index (χ0) is 16.3. The van der Waals surface area contributed by atoms with Crippen molar-refractivity contribution in [3.63, 3.8) is 0 Å². The maximum absolute atomic E-state index is 12.3. The molecule has 1 aliphatic heterocycles. The molecule has 0 saturated carbocycles. The van der Waals surface area contributed by atoms with E-state index in [1.165, 1.54) is 0 Å². The number of aliphatic carboxylic acids is 1. The van der Waals surface area contributed by atoms with Crippen LogP contribution in [0.4, 0.5) is 0 Å². The number of benzene rings is 1. The second kappa shape index (κ2) is 6.69. The molecule has 1 amide bonds. The minimum absolute atomic E-state index is 0.00740. The molecule has 5 nitrogen and oxygen atoms in total. The fourth-order valence-electron chi connectivity index (χ4n) is 2.69. The first kappa shape index (κ1) is 16.8. The summed E-state index contributed by atoms with van der Waals surface area (Å²) in [6.07, 6.45) is 1.43. The number of methoxy groups -OCH3 is 1. The lowest BCUT2D eigenvalue weighted by Gasteiger charge is -2.20. The number of ether oxygens (including phenoxy) is 1. The van der Waals surface area contributed by atoms with Gasteiger partial charge in [0.15, 0.2) is 0 Å². The van der Waals surface area contributed by atoms with Crippen molar-refractivity contribution >= 4 is 27.8 Å². The van der Waals surface area contributed by atoms with E-state index in [-0.39, 0.29) is 12.5 Å². The third kappa shape index (κ3) is 3.61. The second-order valence-corrected chi connectivity index (χ2v) is 6.80. The normalized spacial score (nSPS) is 21.0. The molecule has 1 saturated heterocycles. The van der Waals surface area contributed by atoms with Crippen molar-refractivity contribution in [1.29, 1.82) is 0 Å². The van der Waals surface area contributed by atoms with Crippen molar-refractivity contribution in [2.75, 3.05) is 20.2 Å². The van der Waals surface area contributed by atoms with Crippen molar-refractivity contribution in [1.82, 2.24) is 4.90 Å². The van der Waals surface area contributed by atoms with E-state index in [1.54, 1.807) is 18.9 Å². The number of halogens is 1. The average molecular weight is 370 g/mol. The third-order valence-corrected chi connectivity index (χ3v) is 4.69. The number of rotatable bonds is 5. The maximum Gasteiger partial charge on any atom is 0.311 e. The number of likely N-dealkylation sites (tertiary alicyclic amines) is 1. The van der Waals surface area contributed by atoms with E-state index >= 15 is 0 Å². The van der Waals surface area contributed by atoms with Gasteiger partial charge in [-0.2, -0.15) is 0 Å². The van der Waals surface area contributed by atoms with Gasteiger partial charge in [0.25, 0.3) is 0 Å². The molecule has 0 aromatic heterocycles. The third-order valence-electron chi connectivity index (χ3n) is 4.19. The van der Waals surface area contributed by atoms with Crippen molar-refractivity contribution in [2.24, 2.45) is 5.41 Å². The summed E-state index contributed by atoms with van der Waals surface area (Å²) in [7, 11) is 1.60. The van der Waals surface area contributed by atoms with E-state index < -0.39 is 11.4 Å². The molecular weight excluding hydrogens is 350 g/mol. The highest BCUT2D eigenvalue weighted by Crippen LogP contribution is 2.31. The smallest absolute Gasteiger partial charge is 0.311 e. The highest BCUT2D eigenvalue weighted by Gasteiger charge is 2.41. The van der Waals surface area contributed by atoms with Crippen LogP contribution in [0.2, 0.25) is 0 Å². The molecule has 0 aliphatic carbocycles. The van der Waals surface area contributed by atoms with E-state index in [2.05, 4.69) is 15.9 Å². The molecule has 1 heterocycles. The molecule has 0 spiro atoms. The Bertz CT molecular complexity index is 590. The molecule has 1 N–H and O–H groups in total. The number of nitrogens with zero attached hydrogens (tertiary/aromatic N) is 1. The second-order valence-electron chi connectivity index (χ2n) is 5.89. The molecule has 2 rings (SSSR count). The summed E-state index contributed by atoms with van der Waals surface area (Å²) in [5.74, 6) is -0.0868. The molecule has 22 heavy (non-hydrogen) atoms. The number of carbonyl (C=O) groups excluding carboxylic acids is 1. The van der Waals surface area contributed by atoms with Gasteiger partial charge in [-0.05, 0) is 43.5 Å². The molecule has 6 heteroatoms. The Morgan fingerprint density at radius 3 is 2.77 bits per heavy atom. The summed E-state index contributed by atoms with van der Waals surface area (Å²) >= 11 is 3.41. The van der Waals surface area contributed by atoms with Crippen LogP contribution in [-0.2, 0) is 16.0 Å². The van der Waals surface area contributed by atoms with Crippen molar-refractivity contribution in [3.8, 4) is 5.75 Å². The summed E-state index contributed by atoms with van der Waals surface area (Å²) in [4.78, 5) is 25.2. The summed E-state index contributed by atoms with van der Waals surface area (Å²) in [5, 5.41) is 9.22. The van der Waals surface area contributed by atoms with Gasteiger partial charge >= 0.3 is 5.97 Å². The molecule has 1 atom stereocenters. The Morgan fingerprint density at radius 1 is 1.45 bits per heavy atom. The average Bonchev–Trinajstić information content (AvgIpc) is 2.89. The first-order valence-corrected chi connectivity index (χ1v) is 7.98. The fraction of sp³-hybridized carbons (Fsp3) is 0.500. The summed E-state index contributed by atoms with van der Waals surface area (Å²) < 4.78 is 6.24. The van der Waals surface area contributed by atoms with Crippen LogP contribution in [0.15, 0.2) is 22.7 Å². The van der Waals surface area contributed by atoms with Crippen LogP contribution in [0.1, 0.15) is 25.3 Å². The number of carbonyl (C=O) groups is 2. The Kier molecular flexibility index (Phi) is 5.11. The van der Waals surface area contributed by atoms with Crippen molar-refractivity contribution in [2.45, 2.75) is 26.2 Å². The first-order chi connectivity index (χ1) is 10.4. The SMILES string of the molecule is COc1ccc(Br)cc1CCC(=O)N1CC[C@](C)(C(=O)O)C1. The van der Waals surface area contributed by atoms with Gasteiger partial charge in [-0.15, -0.1) is 0 Å². The minimum Gasteiger partial charge on any atom is -0.496 e.